The highest BCUT2D eigenvalue weighted by Crippen LogP contribution is 2.07. The number of nitrogens with zero attached hydrogens (tertiary/aromatic N) is 2. The molecular weight excluding hydrogens is 276 g/mol. The molecule has 1 heterocycles. The van der Waals surface area contributed by atoms with Crippen molar-refractivity contribution in [2.45, 2.75) is 40.0 Å². The first-order valence-corrected chi connectivity index (χ1v) is 7.52. The Morgan fingerprint density at radius 1 is 1.05 bits per heavy atom. The van der Waals surface area contributed by atoms with E-state index in [4.69, 9.17) is 0 Å². The third-order valence-electron chi connectivity index (χ3n) is 3.37. The monoisotopic (exact) mass is 298 g/mol. The van der Waals surface area contributed by atoms with Crippen molar-refractivity contribution < 1.29 is 4.79 Å². The smallest absolute Gasteiger partial charge is 0.242 e. The summed E-state index contributed by atoms with van der Waals surface area (Å²) in [4.78, 5) is 20.3. The molecule has 0 unspecified atom stereocenters. The number of rotatable bonds is 6. The van der Waals surface area contributed by atoms with Gasteiger partial charge in [0.25, 0.3) is 0 Å². The Balaban J connectivity index is 1.80. The number of aryl methyl sites for hydroxylation is 4. The predicted molar refractivity (Wildman–Crippen MR) is 87.4 cm³/mol. The van der Waals surface area contributed by atoms with Crippen LogP contribution in [0.15, 0.2) is 30.3 Å². The molecule has 5 nitrogen and oxygen atoms in total. The number of hydrazine groups is 1. The standard InChI is InChI=1S/C17H22N4O/c1-4-14-5-7-15(8-6-14)9-10-16(22)20-21-17-18-12(2)11-13(3)19-17/h5-8,11H,4,9-10H2,1-3H3,(H,20,22)(H,18,19,21). The van der Waals surface area contributed by atoms with Crippen LogP contribution in [0.5, 0.6) is 0 Å². The lowest BCUT2D eigenvalue weighted by atomic mass is 10.1. The van der Waals surface area contributed by atoms with Gasteiger partial charge in [0, 0.05) is 17.8 Å². The molecule has 1 aromatic heterocycles. The largest absolute Gasteiger partial charge is 0.273 e. The van der Waals surface area contributed by atoms with Gasteiger partial charge in [0.05, 0.1) is 0 Å². The van der Waals surface area contributed by atoms with E-state index in [0.29, 0.717) is 18.8 Å². The van der Waals surface area contributed by atoms with Gasteiger partial charge in [-0.25, -0.2) is 9.97 Å². The minimum atomic E-state index is -0.0812. The molecule has 116 valence electrons. The highest BCUT2D eigenvalue weighted by Gasteiger charge is 2.04. The van der Waals surface area contributed by atoms with Crippen LogP contribution in [0.2, 0.25) is 0 Å². The van der Waals surface area contributed by atoms with Crippen molar-refractivity contribution in [2.75, 3.05) is 5.43 Å². The topological polar surface area (TPSA) is 66.9 Å². The number of carbonyl (C=O) groups is 1. The van der Waals surface area contributed by atoms with Crippen molar-refractivity contribution in [3.63, 3.8) is 0 Å². The van der Waals surface area contributed by atoms with Gasteiger partial charge in [0.1, 0.15) is 0 Å². The number of hydrogen-bond donors (Lipinski definition) is 2. The molecule has 2 N–H and O–H groups in total. The van der Waals surface area contributed by atoms with Crippen LogP contribution >= 0.6 is 0 Å². The van der Waals surface area contributed by atoms with Crippen LogP contribution < -0.4 is 10.9 Å². The Morgan fingerprint density at radius 2 is 1.64 bits per heavy atom. The van der Waals surface area contributed by atoms with E-state index in [1.54, 1.807) is 0 Å². The summed E-state index contributed by atoms with van der Waals surface area (Å²) in [6.45, 7) is 5.91. The maximum atomic E-state index is 11.9. The number of aromatic nitrogens is 2. The van der Waals surface area contributed by atoms with E-state index < -0.39 is 0 Å². The first-order chi connectivity index (χ1) is 10.6. The normalized spacial score (nSPS) is 10.3. The average Bonchev–Trinajstić information content (AvgIpc) is 2.50. The number of nitrogens with one attached hydrogen (secondary N) is 2. The fourth-order valence-corrected chi connectivity index (χ4v) is 2.17. The molecule has 0 radical (unpaired) electrons. The highest BCUT2D eigenvalue weighted by molar-refractivity contribution is 5.77. The molecule has 0 bridgehead atoms. The lowest BCUT2D eigenvalue weighted by Gasteiger charge is -2.08. The van der Waals surface area contributed by atoms with Crippen molar-refractivity contribution in [3.05, 3.63) is 52.8 Å². The molecule has 0 saturated carbocycles. The summed E-state index contributed by atoms with van der Waals surface area (Å²) in [7, 11) is 0. The minimum Gasteiger partial charge on any atom is -0.273 e. The molecule has 1 aromatic carbocycles. The zero-order chi connectivity index (χ0) is 15.9. The van der Waals surface area contributed by atoms with Gasteiger partial charge in [-0.2, -0.15) is 0 Å². The third kappa shape index (κ3) is 4.84. The molecule has 0 saturated heterocycles. The first kappa shape index (κ1) is 15.9. The fourth-order valence-electron chi connectivity index (χ4n) is 2.17. The Kier molecular flexibility index (Phi) is 5.47. The summed E-state index contributed by atoms with van der Waals surface area (Å²) >= 11 is 0. The van der Waals surface area contributed by atoms with Crippen LogP contribution in [-0.2, 0) is 17.6 Å². The van der Waals surface area contributed by atoms with Gasteiger partial charge in [-0.1, -0.05) is 31.2 Å². The quantitative estimate of drug-likeness (QED) is 0.805. The molecule has 0 aliphatic heterocycles. The Hall–Kier alpha value is -2.43. The second kappa shape index (κ2) is 7.54. The summed E-state index contributed by atoms with van der Waals surface area (Å²) in [5.41, 5.74) is 9.58. The Morgan fingerprint density at radius 3 is 2.23 bits per heavy atom. The van der Waals surface area contributed by atoms with E-state index in [0.717, 1.165) is 23.4 Å². The Labute approximate surface area is 131 Å². The SMILES string of the molecule is CCc1ccc(CCC(=O)NNc2nc(C)cc(C)n2)cc1. The summed E-state index contributed by atoms with van der Waals surface area (Å²) in [6, 6.07) is 10.2. The van der Waals surface area contributed by atoms with E-state index in [1.807, 2.05) is 19.9 Å². The molecule has 0 aliphatic rings. The molecule has 0 atom stereocenters. The van der Waals surface area contributed by atoms with Crippen molar-refractivity contribution >= 4 is 11.9 Å². The van der Waals surface area contributed by atoms with Crippen LogP contribution in [0, 0.1) is 13.8 Å². The van der Waals surface area contributed by atoms with Gasteiger partial charge in [0.15, 0.2) is 0 Å². The second-order valence-corrected chi connectivity index (χ2v) is 5.32. The summed E-state index contributed by atoms with van der Waals surface area (Å²) in [5.74, 6) is 0.334. The maximum Gasteiger partial charge on any atom is 0.242 e. The lowest BCUT2D eigenvalue weighted by molar-refractivity contribution is -0.120. The summed E-state index contributed by atoms with van der Waals surface area (Å²) in [5, 5.41) is 0. The van der Waals surface area contributed by atoms with E-state index in [-0.39, 0.29) is 5.91 Å². The van der Waals surface area contributed by atoms with E-state index >= 15 is 0 Å². The van der Waals surface area contributed by atoms with Gasteiger partial charge in [-0.05, 0) is 43.9 Å². The highest BCUT2D eigenvalue weighted by atomic mass is 16.2. The molecule has 2 aromatic rings. The number of hydrogen-bond acceptors (Lipinski definition) is 4. The number of anilines is 1. The van der Waals surface area contributed by atoms with Gasteiger partial charge >= 0.3 is 0 Å². The van der Waals surface area contributed by atoms with Gasteiger partial charge in [0.2, 0.25) is 11.9 Å². The van der Waals surface area contributed by atoms with Crippen molar-refractivity contribution in [1.82, 2.24) is 15.4 Å². The summed E-state index contributed by atoms with van der Waals surface area (Å²) in [6.07, 6.45) is 2.16. The zero-order valence-corrected chi connectivity index (χ0v) is 13.3. The third-order valence-corrected chi connectivity index (χ3v) is 3.37. The molecule has 22 heavy (non-hydrogen) atoms. The molecular formula is C17H22N4O. The Bertz CT molecular complexity index is 617. The molecule has 2 rings (SSSR count). The number of amides is 1. The van der Waals surface area contributed by atoms with Gasteiger partial charge in [-0.15, -0.1) is 0 Å². The average molecular weight is 298 g/mol. The first-order valence-electron chi connectivity index (χ1n) is 7.52. The molecule has 0 spiro atoms. The summed E-state index contributed by atoms with van der Waals surface area (Å²) < 4.78 is 0. The zero-order valence-electron chi connectivity index (χ0n) is 13.3. The van der Waals surface area contributed by atoms with Crippen LogP contribution in [-0.4, -0.2) is 15.9 Å². The van der Waals surface area contributed by atoms with Crippen LogP contribution in [0.25, 0.3) is 0 Å². The van der Waals surface area contributed by atoms with E-state index in [2.05, 4.69) is 52.0 Å². The van der Waals surface area contributed by atoms with E-state index in [1.165, 1.54) is 5.56 Å². The molecule has 0 fully saturated rings. The molecule has 1 amide bonds. The maximum absolute atomic E-state index is 11.9. The number of carbonyl (C=O) groups excluding carboxylic acids is 1. The molecule has 0 aliphatic carbocycles. The number of benzene rings is 1. The lowest BCUT2D eigenvalue weighted by Crippen LogP contribution is -2.30. The minimum absolute atomic E-state index is 0.0812. The van der Waals surface area contributed by atoms with Crippen LogP contribution in [0.4, 0.5) is 5.95 Å². The van der Waals surface area contributed by atoms with Crippen molar-refractivity contribution in [3.8, 4) is 0 Å². The predicted octanol–water partition coefficient (Wildman–Crippen LogP) is 2.73. The van der Waals surface area contributed by atoms with Crippen LogP contribution in [0.1, 0.15) is 35.9 Å². The van der Waals surface area contributed by atoms with Crippen molar-refractivity contribution in [2.24, 2.45) is 0 Å². The molecule has 5 heteroatoms. The van der Waals surface area contributed by atoms with Gasteiger partial charge in [-0.3, -0.25) is 15.6 Å². The van der Waals surface area contributed by atoms with Crippen LogP contribution in [0.3, 0.4) is 0 Å². The second-order valence-electron chi connectivity index (χ2n) is 5.32. The fraction of sp³-hybridized carbons (Fsp3) is 0.353. The van der Waals surface area contributed by atoms with Crippen molar-refractivity contribution in [1.29, 1.82) is 0 Å². The van der Waals surface area contributed by atoms with E-state index in [9.17, 15) is 4.79 Å². The van der Waals surface area contributed by atoms with Gasteiger partial charge < -0.3 is 0 Å².